The van der Waals surface area contributed by atoms with Gasteiger partial charge in [-0.05, 0) is 24.6 Å². The summed E-state index contributed by atoms with van der Waals surface area (Å²) in [4.78, 5) is 11.3. The third-order valence-corrected chi connectivity index (χ3v) is 2.24. The van der Waals surface area contributed by atoms with Gasteiger partial charge in [0.15, 0.2) is 17.3 Å². The summed E-state index contributed by atoms with van der Waals surface area (Å²) in [6, 6.07) is 5.54. The maximum absolute atomic E-state index is 11.3. The number of rotatable bonds is 7. The second-order valence-corrected chi connectivity index (χ2v) is 3.67. The van der Waals surface area contributed by atoms with E-state index in [2.05, 4.69) is 0 Å². The van der Waals surface area contributed by atoms with Crippen molar-refractivity contribution in [1.82, 2.24) is 0 Å². The lowest BCUT2D eigenvalue weighted by atomic mass is 10.2. The number of Topliss-reactive ketones (excluding diaryl/α,β-unsaturated/α-hetero) is 1. The van der Waals surface area contributed by atoms with Gasteiger partial charge in [0, 0.05) is 7.11 Å². The van der Waals surface area contributed by atoms with Crippen LogP contribution in [0.1, 0.15) is 12.5 Å². The van der Waals surface area contributed by atoms with E-state index < -0.39 is 0 Å². The topological polar surface area (TPSA) is 44.8 Å². The van der Waals surface area contributed by atoms with Crippen LogP contribution in [0.5, 0.6) is 11.5 Å². The highest BCUT2D eigenvalue weighted by Gasteiger charge is 2.07. The zero-order chi connectivity index (χ0) is 13.4. The summed E-state index contributed by atoms with van der Waals surface area (Å²) in [5.74, 6) is 1.04. The van der Waals surface area contributed by atoms with Gasteiger partial charge in [0.1, 0.15) is 13.2 Å². The molecule has 1 aromatic rings. The largest absolute Gasteiger partial charge is 0.493 e. The van der Waals surface area contributed by atoms with Crippen LogP contribution in [0, 0.1) is 0 Å². The fraction of sp³-hybridized carbons (Fsp3) is 0.357. The molecule has 4 heteroatoms. The molecule has 0 heterocycles. The predicted octanol–water partition coefficient (Wildman–Crippen LogP) is 2.32. The Morgan fingerprint density at radius 2 is 2.00 bits per heavy atom. The van der Waals surface area contributed by atoms with Gasteiger partial charge in [0.25, 0.3) is 0 Å². The molecule has 0 aromatic heterocycles. The number of carbonyl (C=O) groups excluding carboxylic acids is 1. The number of hydrogen-bond acceptors (Lipinski definition) is 4. The lowest BCUT2D eigenvalue weighted by Gasteiger charge is -2.10. The van der Waals surface area contributed by atoms with Gasteiger partial charge in [0.2, 0.25) is 0 Å². The van der Waals surface area contributed by atoms with E-state index in [1.807, 2.05) is 31.2 Å². The molecule has 0 spiro atoms. The zero-order valence-corrected chi connectivity index (χ0v) is 10.9. The normalized spacial score (nSPS) is 10.6. The minimum Gasteiger partial charge on any atom is -0.493 e. The Labute approximate surface area is 107 Å². The summed E-state index contributed by atoms with van der Waals surface area (Å²) in [7, 11) is 3.04. The number of carbonyl (C=O) groups is 1. The Kier molecular flexibility index (Phi) is 5.94. The van der Waals surface area contributed by atoms with Crippen molar-refractivity contribution in [3.05, 3.63) is 29.8 Å². The lowest BCUT2D eigenvalue weighted by Crippen LogP contribution is -2.16. The highest BCUT2D eigenvalue weighted by molar-refractivity contribution is 5.81. The molecule has 0 saturated heterocycles. The van der Waals surface area contributed by atoms with E-state index >= 15 is 0 Å². The Morgan fingerprint density at radius 1 is 1.22 bits per heavy atom. The summed E-state index contributed by atoms with van der Waals surface area (Å²) in [5, 5.41) is 0. The quantitative estimate of drug-likeness (QED) is 0.745. The van der Waals surface area contributed by atoms with Gasteiger partial charge in [-0.1, -0.05) is 18.2 Å². The Morgan fingerprint density at radius 3 is 2.61 bits per heavy atom. The van der Waals surface area contributed by atoms with Crippen molar-refractivity contribution in [2.75, 3.05) is 27.4 Å². The first-order chi connectivity index (χ1) is 8.71. The summed E-state index contributed by atoms with van der Waals surface area (Å²) in [6.45, 7) is 1.98. The van der Waals surface area contributed by atoms with Crippen molar-refractivity contribution in [3.63, 3.8) is 0 Å². The first-order valence-corrected chi connectivity index (χ1v) is 5.65. The molecule has 0 aliphatic carbocycles. The van der Waals surface area contributed by atoms with E-state index in [1.165, 1.54) is 7.11 Å². The molecule has 1 aromatic carbocycles. The molecule has 0 aliphatic rings. The van der Waals surface area contributed by atoms with Crippen LogP contribution in [0.4, 0.5) is 0 Å². The number of ether oxygens (including phenoxy) is 3. The van der Waals surface area contributed by atoms with Crippen LogP contribution in [-0.2, 0) is 9.53 Å². The molecule has 0 radical (unpaired) electrons. The summed E-state index contributed by atoms with van der Waals surface area (Å²) in [6.07, 6.45) is 3.90. The van der Waals surface area contributed by atoms with E-state index in [0.717, 1.165) is 5.56 Å². The van der Waals surface area contributed by atoms with Crippen LogP contribution in [0.15, 0.2) is 24.3 Å². The van der Waals surface area contributed by atoms with Crippen molar-refractivity contribution in [1.29, 1.82) is 0 Å². The summed E-state index contributed by atoms with van der Waals surface area (Å²) in [5.41, 5.74) is 1.02. The fourth-order valence-electron chi connectivity index (χ4n) is 1.46. The molecule has 4 nitrogen and oxygen atoms in total. The first-order valence-electron chi connectivity index (χ1n) is 5.65. The highest BCUT2D eigenvalue weighted by Crippen LogP contribution is 2.28. The van der Waals surface area contributed by atoms with Crippen LogP contribution in [0.25, 0.3) is 6.08 Å². The van der Waals surface area contributed by atoms with Gasteiger partial charge in [-0.15, -0.1) is 0 Å². The molecule has 0 fully saturated rings. The molecular weight excluding hydrogens is 232 g/mol. The van der Waals surface area contributed by atoms with Crippen LogP contribution >= 0.6 is 0 Å². The fourth-order valence-corrected chi connectivity index (χ4v) is 1.46. The molecule has 98 valence electrons. The van der Waals surface area contributed by atoms with Gasteiger partial charge in [-0.25, -0.2) is 0 Å². The standard InChI is InChI=1S/C14H18O4/c1-4-5-11-6-7-13(14(8-11)17-3)18-10-12(15)9-16-2/h4-8H,9-10H2,1-3H3/b5-4+. The minimum absolute atomic E-state index is 0.0207. The van der Waals surface area contributed by atoms with Gasteiger partial charge in [0.05, 0.1) is 7.11 Å². The van der Waals surface area contributed by atoms with Gasteiger partial charge >= 0.3 is 0 Å². The molecule has 0 unspecified atom stereocenters. The number of ketones is 1. The van der Waals surface area contributed by atoms with Crippen molar-refractivity contribution in [3.8, 4) is 11.5 Å². The molecule has 0 atom stereocenters. The summed E-state index contributed by atoms with van der Waals surface area (Å²) >= 11 is 0. The number of allylic oxidation sites excluding steroid dienone is 1. The number of benzene rings is 1. The van der Waals surface area contributed by atoms with Crippen molar-refractivity contribution >= 4 is 11.9 Å². The molecule has 0 aliphatic heterocycles. The third kappa shape index (κ3) is 4.22. The second kappa shape index (κ2) is 7.50. The van der Waals surface area contributed by atoms with E-state index in [4.69, 9.17) is 14.2 Å². The third-order valence-electron chi connectivity index (χ3n) is 2.24. The van der Waals surface area contributed by atoms with E-state index in [0.29, 0.717) is 11.5 Å². The van der Waals surface area contributed by atoms with Crippen LogP contribution < -0.4 is 9.47 Å². The molecule has 0 N–H and O–H groups in total. The SMILES string of the molecule is C/C=C/c1ccc(OCC(=O)COC)c(OC)c1. The maximum Gasteiger partial charge on any atom is 0.195 e. The Bertz CT molecular complexity index is 424. The van der Waals surface area contributed by atoms with Crippen molar-refractivity contribution in [2.45, 2.75) is 6.92 Å². The van der Waals surface area contributed by atoms with E-state index in [9.17, 15) is 4.79 Å². The van der Waals surface area contributed by atoms with E-state index in [-0.39, 0.29) is 19.0 Å². The maximum atomic E-state index is 11.3. The van der Waals surface area contributed by atoms with E-state index in [1.54, 1.807) is 13.2 Å². The average Bonchev–Trinajstić information content (AvgIpc) is 2.37. The van der Waals surface area contributed by atoms with Crippen LogP contribution in [-0.4, -0.2) is 33.2 Å². The van der Waals surface area contributed by atoms with Gasteiger partial charge in [-0.3, -0.25) is 4.79 Å². The van der Waals surface area contributed by atoms with Gasteiger partial charge < -0.3 is 14.2 Å². The zero-order valence-electron chi connectivity index (χ0n) is 10.9. The molecule has 0 bridgehead atoms. The monoisotopic (exact) mass is 250 g/mol. The Hall–Kier alpha value is -1.81. The minimum atomic E-state index is -0.114. The molecule has 0 amide bonds. The summed E-state index contributed by atoms with van der Waals surface area (Å²) < 4.78 is 15.3. The Balaban J connectivity index is 2.73. The number of hydrogen-bond donors (Lipinski definition) is 0. The molecule has 18 heavy (non-hydrogen) atoms. The van der Waals surface area contributed by atoms with Crippen LogP contribution in [0.2, 0.25) is 0 Å². The lowest BCUT2D eigenvalue weighted by molar-refractivity contribution is -0.124. The highest BCUT2D eigenvalue weighted by atomic mass is 16.5. The van der Waals surface area contributed by atoms with Crippen molar-refractivity contribution in [2.24, 2.45) is 0 Å². The first kappa shape index (κ1) is 14.3. The second-order valence-electron chi connectivity index (χ2n) is 3.67. The average molecular weight is 250 g/mol. The smallest absolute Gasteiger partial charge is 0.195 e. The molecule has 1 rings (SSSR count). The van der Waals surface area contributed by atoms with Crippen LogP contribution in [0.3, 0.4) is 0 Å². The van der Waals surface area contributed by atoms with Gasteiger partial charge in [-0.2, -0.15) is 0 Å². The van der Waals surface area contributed by atoms with Crippen molar-refractivity contribution < 1.29 is 19.0 Å². The molecular formula is C14H18O4. The number of methoxy groups -OCH3 is 2. The predicted molar refractivity (Wildman–Crippen MR) is 70.1 cm³/mol. The molecule has 0 saturated carbocycles.